The molecule has 0 aromatic carbocycles. The molecule has 0 aliphatic carbocycles. The molecule has 5 nitrogen and oxygen atoms in total. The molecule has 0 unspecified atom stereocenters. The van der Waals surface area contributed by atoms with Crippen molar-refractivity contribution in [3.63, 3.8) is 0 Å². The van der Waals surface area contributed by atoms with Gasteiger partial charge in [0.1, 0.15) is 11.9 Å². The van der Waals surface area contributed by atoms with Crippen LogP contribution in [0.4, 0.5) is 11.4 Å². The molecular formula is C12H18ClN3O2. The lowest BCUT2D eigenvalue weighted by Crippen LogP contribution is -2.28. The normalized spacial score (nSPS) is 11.7. The first kappa shape index (κ1) is 14.7. The van der Waals surface area contributed by atoms with Gasteiger partial charge in [-0.25, -0.2) is 0 Å². The fraction of sp³-hybridized carbons (Fsp3) is 0.583. The van der Waals surface area contributed by atoms with Crippen LogP contribution in [0.15, 0.2) is 12.4 Å². The monoisotopic (exact) mass is 271 g/mol. The van der Waals surface area contributed by atoms with E-state index >= 15 is 0 Å². The van der Waals surface area contributed by atoms with Crippen molar-refractivity contribution in [2.45, 2.75) is 27.7 Å². The van der Waals surface area contributed by atoms with Crippen molar-refractivity contribution in [1.82, 2.24) is 4.98 Å². The maximum Gasteiger partial charge on any atom is 0.311 e. The van der Waals surface area contributed by atoms with E-state index in [1.807, 2.05) is 0 Å². The van der Waals surface area contributed by atoms with Crippen LogP contribution >= 0.6 is 11.6 Å². The summed E-state index contributed by atoms with van der Waals surface area (Å²) in [5, 5.41) is 14.2. The number of hydrogen-bond donors (Lipinski definition) is 1. The van der Waals surface area contributed by atoms with E-state index in [1.165, 1.54) is 12.4 Å². The highest BCUT2D eigenvalue weighted by atomic mass is 35.5. The minimum atomic E-state index is -0.483. The molecule has 0 saturated carbocycles. The van der Waals surface area contributed by atoms with Crippen LogP contribution in [0.1, 0.15) is 27.7 Å². The first-order valence-corrected chi connectivity index (χ1v) is 6.15. The number of rotatable bonds is 5. The van der Waals surface area contributed by atoms with Crippen LogP contribution in [0.2, 0.25) is 5.02 Å². The summed E-state index contributed by atoms with van der Waals surface area (Å²) >= 11 is 5.95. The van der Waals surface area contributed by atoms with E-state index < -0.39 is 4.92 Å². The third kappa shape index (κ3) is 3.32. The van der Waals surface area contributed by atoms with E-state index in [0.29, 0.717) is 18.2 Å². The van der Waals surface area contributed by atoms with Crippen LogP contribution in [0.3, 0.4) is 0 Å². The predicted octanol–water partition coefficient (Wildman–Crippen LogP) is 3.74. The van der Waals surface area contributed by atoms with Crippen molar-refractivity contribution in [1.29, 1.82) is 0 Å². The zero-order valence-corrected chi connectivity index (χ0v) is 11.8. The quantitative estimate of drug-likeness (QED) is 0.654. The Morgan fingerprint density at radius 3 is 2.61 bits per heavy atom. The van der Waals surface area contributed by atoms with E-state index in [2.05, 4.69) is 38.0 Å². The summed E-state index contributed by atoms with van der Waals surface area (Å²) in [7, 11) is 0. The average molecular weight is 272 g/mol. The second-order valence-electron chi connectivity index (χ2n) is 5.27. The van der Waals surface area contributed by atoms with E-state index in [-0.39, 0.29) is 16.1 Å². The first-order chi connectivity index (χ1) is 8.25. The van der Waals surface area contributed by atoms with Crippen LogP contribution < -0.4 is 5.32 Å². The highest BCUT2D eigenvalue weighted by Crippen LogP contribution is 2.33. The van der Waals surface area contributed by atoms with Crippen molar-refractivity contribution in [2.75, 3.05) is 11.9 Å². The van der Waals surface area contributed by atoms with Crippen LogP contribution in [0.25, 0.3) is 0 Å². The van der Waals surface area contributed by atoms with Crippen molar-refractivity contribution < 1.29 is 4.92 Å². The number of nitrogens with zero attached hydrogens (tertiary/aromatic N) is 2. The van der Waals surface area contributed by atoms with Gasteiger partial charge in [-0.15, -0.1) is 0 Å². The van der Waals surface area contributed by atoms with Gasteiger partial charge < -0.3 is 5.32 Å². The fourth-order valence-electron chi connectivity index (χ4n) is 1.26. The smallest absolute Gasteiger partial charge is 0.311 e. The molecule has 1 aromatic rings. The minimum absolute atomic E-state index is 0.0144. The highest BCUT2D eigenvalue weighted by molar-refractivity contribution is 6.33. The molecule has 1 aromatic heterocycles. The molecule has 6 heteroatoms. The molecule has 1 N–H and O–H groups in total. The summed E-state index contributed by atoms with van der Waals surface area (Å²) in [6.45, 7) is 9.04. The van der Waals surface area contributed by atoms with Gasteiger partial charge in [-0.1, -0.05) is 39.3 Å². The van der Waals surface area contributed by atoms with Gasteiger partial charge in [0.2, 0.25) is 0 Å². The van der Waals surface area contributed by atoms with Gasteiger partial charge in [-0.2, -0.15) is 0 Å². The Kier molecular flexibility index (Phi) is 4.51. The van der Waals surface area contributed by atoms with Crippen molar-refractivity contribution in [2.24, 2.45) is 11.3 Å². The number of aromatic nitrogens is 1. The number of hydrogen-bond acceptors (Lipinski definition) is 4. The molecule has 1 heterocycles. The summed E-state index contributed by atoms with van der Waals surface area (Å²) in [6.07, 6.45) is 2.61. The Morgan fingerprint density at radius 1 is 1.50 bits per heavy atom. The number of nitrogens with one attached hydrogen (secondary N) is 1. The summed E-state index contributed by atoms with van der Waals surface area (Å²) < 4.78 is 0. The minimum Gasteiger partial charge on any atom is -0.378 e. The van der Waals surface area contributed by atoms with Gasteiger partial charge in [-0.05, 0) is 11.3 Å². The Labute approximate surface area is 112 Å². The van der Waals surface area contributed by atoms with Crippen LogP contribution in [0, 0.1) is 21.4 Å². The zero-order chi connectivity index (χ0) is 13.9. The largest absolute Gasteiger partial charge is 0.378 e. The van der Waals surface area contributed by atoms with Gasteiger partial charge in [0, 0.05) is 12.7 Å². The van der Waals surface area contributed by atoms with Gasteiger partial charge >= 0.3 is 5.69 Å². The number of anilines is 1. The first-order valence-electron chi connectivity index (χ1n) is 5.77. The second-order valence-corrected chi connectivity index (χ2v) is 5.68. The Bertz CT molecular complexity index is 447. The van der Waals surface area contributed by atoms with E-state index in [9.17, 15) is 10.1 Å². The molecule has 0 spiro atoms. The van der Waals surface area contributed by atoms with E-state index in [1.54, 1.807) is 0 Å². The molecule has 0 fully saturated rings. The summed E-state index contributed by atoms with van der Waals surface area (Å²) in [6, 6.07) is 0. The topological polar surface area (TPSA) is 68.1 Å². The maximum absolute atomic E-state index is 10.9. The molecule has 0 saturated heterocycles. The standard InChI is InChI=1S/C12H18ClN3O2/c1-8(2)12(3,4)7-15-11-9(13)5-14-6-10(11)16(17)18/h5-6,8H,7H2,1-4H3,(H,14,15). The van der Waals surface area contributed by atoms with Gasteiger partial charge in [-0.3, -0.25) is 15.1 Å². The number of nitro groups is 1. The third-order valence-corrected chi connectivity index (χ3v) is 3.65. The predicted molar refractivity (Wildman–Crippen MR) is 73.0 cm³/mol. The lowest BCUT2D eigenvalue weighted by Gasteiger charge is -2.29. The Morgan fingerprint density at radius 2 is 2.11 bits per heavy atom. The van der Waals surface area contributed by atoms with Crippen molar-refractivity contribution >= 4 is 23.0 Å². The van der Waals surface area contributed by atoms with Crippen LogP contribution in [-0.4, -0.2) is 16.5 Å². The molecule has 18 heavy (non-hydrogen) atoms. The number of pyridine rings is 1. The highest BCUT2D eigenvalue weighted by Gasteiger charge is 2.24. The summed E-state index contributed by atoms with van der Waals surface area (Å²) in [4.78, 5) is 14.1. The molecule has 100 valence electrons. The Hall–Kier alpha value is -1.36. The fourth-order valence-corrected chi connectivity index (χ4v) is 1.48. The van der Waals surface area contributed by atoms with Gasteiger partial charge in [0.15, 0.2) is 0 Å². The van der Waals surface area contributed by atoms with Crippen molar-refractivity contribution in [3.05, 3.63) is 27.5 Å². The molecule has 1 rings (SSSR count). The molecule has 0 aliphatic rings. The second kappa shape index (κ2) is 5.52. The van der Waals surface area contributed by atoms with E-state index in [4.69, 9.17) is 11.6 Å². The molecule has 0 amide bonds. The third-order valence-electron chi connectivity index (χ3n) is 3.36. The van der Waals surface area contributed by atoms with Crippen LogP contribution in [0.5, 0.6) is 0 Å². The molecular weight excluding hydrogens is 254 g/mol. The number of halogens is 1. The van der Waals surface area contributed by atoms with Gasteiger partial charge in [0.05, 0.1) is 9.95 Å². The lowest BCUT2D eigenvalue weighted by molar-refractivity contribution is -0.384. The van der Waals surface area contributed by atoms with Crippen LogP contribution in [-0.2, 0) is 0 Å². The average Bonchev–Trinajstić information content (AvgIpc) is 2.26. The maximum atomic E-state index is 10.9. The molecule has 0 radical (unpaired) electrons. The summed E-state index contributed by atoms with van der Waals surface area (Å²) in [5.41, 5.74) is 0.257. The van der Waals surface area contributed by atoms with Gasteiger partial charge in [0.25, 0.3) is 0 Å². The molecule has 0 bridgehead atoms. The van der Waals surface area contributed by atoms with Crippen molar-refractivity contribution in [3.8, 4) is 0 Å². The summed E-state index contributed by atoms with van der Waals surface area (Å²) in [5.74, 6) is 0.449. The van der Waals surface area contributed by atoms with E-state index in [0.717, 1.165) is 0 Å². The SMILES string of the molecule is CC(C)C(C)(C)CNc1c(Cl)cncc1[N+](=O)[O-]. The lowest BCUT2D eigenvalue weighted by atomic mass is 9.81. The molecule has 0 aliphatic heterocycles. The Balaban J connectivity index is 2.95. The zero-order valence-electron chi connectivity index (χ0n) is 11.0. The molecule has 0 atom stereocenters.